The van der Waals surface area contributed by atoms with Gasteiger partial charge in [0.25, 0.3) is 0 Å². The molecule has 0 amide bonds. The standard InChI is InChI=1S/C13H22N4O4/c1-4-5-16-13(12(17(19)20)10(3)14-16)15-6-9(2)21-11(7-15)8-18/h9,11,18H,4-8H2,1-3H3. The molecule has 1 fully saturated rings. The summed E-state index contributed by atoms with van der Waals surface area (Å²) in [5.74, 6) is 0.521. The monoisotopic (exact) mass is 298 g/mol. The highest BCUT2D eigenvalue weighted by Crippen LogP contribution is 2.33. The third-order valence-corrected chi connectivity index (χ3v) is 3.52. The molecule has 0 aromatic carbocycles. The van der Waals surface area contributed by atoms with E-state index in [9.17, 15) is 15.2 Å². The van der Waals surface area contributed by atoms with Crippen molar-refractivity contribution in [2.75, 3.05) is 24.6 Å². The molecule has 2 heterocycles. The third kappa shape index (κ3) is 3.16. The van der Waals surface area contributed by atoms with E-state index in [0.29, 0.717) is 31.1 Å². The minimum absolute atomic E-state index is 0.0502. The van der Waals surface area contributed by atoms with Gasteiger partial charge in [-0.2, -0.15) is 5.10 Å². The molecule has 2 unspecified atom stereocenters. The molecule has 0 bridgehead atoms. The molecule has 1 aromatic heterocycles. The molecule has 0 aliphatic carbocycles. The Labute approximate surface area is 123 Å². The molecule has 8 nitrogen and oxygen atoms in total. The van der Waals surface area contributed by atoms with E-state index in [1.54, 1.807) is 11.6 Å². The predicted octanol–water partition coefficient (Wildman–Crippen LogP) is 1.10. The minimum atomic E-state index is -0.377. The maximum Gasteiger partial charge on any atom is 0.333 e. The number of nitro groups is 1. The van der Waals surface area contributed by atoms with Crippen molar-refractivity contribution < 1.29 is 14.8 Å². The fourth-order valence-corrected chi connectivity index (χ4v) is 2.77. The van der Waals surface area contributed by atoms with Gasteiger partial charge in [-0.25, -0.2) is 4.68 Å². The molecular weight excluding hydrogens is 276 g/mol. The first-order valence-corrected chi connectivity index (χ1v) is 7.21. The number of hydrogen-bond acceptors (Lipinski definition) is 6. The SMILES string of the molecule is CCCn1nc(C)c([N+](=O)[O-])c1N1CC(C)OC(CO)C1. The molecular formula is C13H22N4O4. The van der Waals surface area contributed by atoms with E-state index >= 15 is 0 Å². The van der Waals surface area contributed by atoms with E-state index in [-0.39, 0.29) is 29.4 Å². The van der Waals surface area contributed by atoms with Crippen molar-refractivity contribution in [3.05, 3.63) is 15.8 Å². The van der Waals surface area contributed by atoms with Crippen LogP contribution in [0.1, 0.15) is 26.0 Å². The Kier molecular flexibility index (Phi) is 4.79. The summed E-state index contributed by atoms with van der Waals surface area (Å²) in [6.07, 6.45) is 0.411. The number of aliphatic hydroxyl groups excluding tert-OH is 1. The second-order valence-corrected chi connectivity index (χ2v) is 5.39. The van der Waals surface area contributed by atoms with Crippen LogP contribution in [-0.2, 0) is 11.3 Å². The predicted molar refractivity (Wildman–Crippen MR) is 77.5 cm³/mol. The molecule has 1 aliphatic heterocycles. The summed E-state index contributed by atoms with van der Waals surface area (Å²) >= 11 is 0. The highest BCUT2D eigenvalue weighted by Gasteiger charge is 2.34. The summed E-state index contributed by atoms with van der Waals surface area (Å²) in [6.45, 7) is 7.05. The summed E-state index contributed by atoms with van der Waals surface area (Å²) in [6, 6.07) is 0. The van der Waals surface area contributed by atoms with Gasteiger partial charge in [0.2, 0.25) is 5.82 Å². The smallest absolute Gasteiger partial charge is 0.333 e. The van der Waals surface area contributed by atoms with Crippen LogP contribution in [0.25, 0.3) is 0 Å². The van der Waals surface area contributed by atoms with Gasteiger partial charge in [0.05, 0.1) is 23.7 Å². The highest BCUT2D eigenvalue weighted by molar-refractivity contribution is 5.61. The van der Waals surface area contributed by atoms with E-state index in [0.717, 1.165) is 6.42 Å². The van der Waals surface area contributed by atoms with Crippen molar-refractivity contribution in [3.63, 3.8) is 0 Å². The van der Waals surface area contributed by atoms with Crippen molar-refractivity contribution in [2.45, 2.75) is 45.9 Å². The van der Waals surface area contributed by atoms with Crippen molar-refractivity contribution in [2.24, 2.45) is 0 Å². The van der Waals surface area contributed by atoms with Crippen LogP contribution in [-0.4, -0.2) is 51.7 Å². The van der Waals surface area contributed by atoms with Crippen LogP contribution in [0.15, 0.2) is 0 Å². The maximum atomic E-state index is 11.4. The number of anilines is 1. The highest BCUT2D eigenvalue weighted by atomic mass is 16.6. The van der Waals surface area contributed by atoms with Gasteiger partial charge in [-0.15, -0.1) is 0 Å². The Morgan fingerprint density at radius 2 is 2.24 bits per heavy atom. The second-order valence-electron chi connectivity index (χ2n) is 5.39. The third-order valence-electron chi connectivity index (χ3n) is 3.52. The number of aryl methyl sites for hydroxylation is 2. The molecule has 0 saturated carbocycles. The van der Waals surface area contributed by atoms with Crippen LogP contribution in [0.5, 0.6) is 0 Å². The van der Waals surface area contributed by atoms with Crippen LogP contribution >= 0.6 is 0 Å². The number of morpholine rings is 1. The number of ether oxygens (including phenoxy) is 1. The van der Waals surface area contributed by atoms with Crippen molar-refractivity contribution in [3.8, 4) is 0 Å². The second kappa shape index (κ2) is 6.40. The lowest BCUT2D eigenvalue weighted by Gasteiger charge is -2.36. The molecule has 2 atom stereocenters. The van der Waals surface area contributed by atoms with Crippen molar-refractivity contribution in [1.82, 2.24) is 9.78 Å². The molecule has 1 aliphatic rings. The summed E-state index contributed by atoms with van der Waals surface area (Å²) in [5, 5.41) is 25.0. The lowest BCUT2D eigenvalue weighted by Crippen LogP contribution is -2.48. The number of rotatable bonds is 5. The van der Waals surface area contributed by atoms with Crippen LogP contribution in [0.3, 0.4) is 0 Å². The molecule has 0 radical (unpaired) electrons. The minimum Gasteiger partial charge on any atom is -0.394 e. The molecule has 1 saturated heterocycles. The summed E-state index contributed by atoms with van der Waals surface area (Å²) in [4.78, 5) is 12.9. The quantitative estimate of drug-likeness (QED) is 0.646. The van der Waals surface area contributed by atoms with Gasteiger partial charge in [-0.05, 0) is 20.3 Å². The zero-order valence-corrected chi connectivity index (χ0v) is 12.7. The lowest BCUT2D eigenvalue weighted by atomic mass is 10.2. The first kappa shape index (κ1) is 15.7. The van der Waals surface area contributed by atoms with Crippen LogP contribution in [0.4, 0.5) is 11.5 Å². The van der Waals surface area contributed by atoms with Gasteiger partial charge in [0.1, 0.15) is 5.69 Å². The average Bonchev–Trinajstić information content (AvgIpc) is 2.75. The molecule has 8 heteroatoms. The van der Waals surface area contributed by atoms with Crippen molar-refractivity contribution >= 4 is 11.5 Å². The number of hydrogen-bond donors (Lipinski definition) is 1. The van der Waals surface area contributed by atoms with E-state index < -0.39 is 0 Å². The fraction of sp³-hybridized carbons (Fsp3) is 0.769. The van der Waals surface area contributed by atoms with Gasteiger partial charge in [-0.3, -0.25) is 10.1 Å². The zero-order valence-electron chi connectivity index (χ0n) is 12.7. The molecule has 21 heavy (non-hydrogen) atoms. The zero-order chi connectivity index (χ0) is 15.6. The van der Waals surface area contributed by atoms with Crippen LogP contribution in [0, 0.1) is 17.0 Å². The van der Waals surface area contributed by atoms with Gasteiger partial charge in [0.15, 0.2) is 0 Å². The van der Waals surface area contributed by atoms with Crippen LogP contribution < -0.4 is 4.90 Å². The first-order chi connectivity index (χ1) is 9.97. The van der Waals surface area contributed by atoms with E-state index in [1.807, 2.05) is 18.7 Å². The molecule has 0 spiro atoms. The Hall–Kier alpha value is -1.67. The first-order valence-electron chi connectivity index (χ1n) is 7.21. The fourth-order valence-electron chi connectivity index (χ4n) is 2.77. The Morgan fingerprint density at radius 3 is 2.81 bits per heavy atom. The van der Waals surface area contributed by atoms with Gasteiger partial charge in [0, 0.05) is 19.6 Å². The van der Waals surface area contributed by atoms with Gasteiger partial charge >= 0.3 is 5.69 Å². The molecule has 2 rings (SSSR count). The molecule has 118 valence electrons. The summed E-state index contributed by atoms with van der Waals surface area (Å²) in [5.41, 5.74) is 0.470. The van der Waals surface area contributed by atoms with Crippen LogP contribution in [0.2, 0.25) is 0 Å². The van der Waals surface area contributed by atoms with Gasteiger partial charge < -0.3 is 14.7 Å². The largest absolute Gasteiger partial charge is 0.394 e. The number of nitrogens with zero attached hydrogens (tertiary/aromatic N) is 4. The molecule has 1 aromatic rings. The average molecular weight is 298 g/mol. The summed E-state index contributed by atoms with van der Waals surface area (Å²) in [7, 11) is 0. The Bertz CT molecular complexity index is 517. The normalized spacial score (nSPS) is 22.6. The lowest BCUT2D eigenvalue weighted by molar-refractivity contribution is -0.384. The van der Waals surface area contributed by atoms with Crippen molar-refractivity contribution in [1.29, 1.82) is 0 Å². The maximum absolute atomic E-state index is 11.4. The van der Waals surface area contributed by atoms with E-state index in [4.69, 9.17) is 4.74 Å². The number of aromatic nitrogens is 2. The number of aliphatic hydroxyl groups is 1. The molecule has 1 N–H and O–H groups in total. The Balaban J connectivity index is 2.42. The van der Waals surface area contributed by atoms with E-state index in [2.05, 4.69) is 5.10 Å². The van der Waals surface area contributed by atoms with E-state index in [1.165, 1.54) is 0 Å². The Morgan fingerprint density at radius 1 is 1.52 bits per heavy atom. The topological polar surface area (TPSA) is 93.7 Å². The summed E-state index contributed by atoms with van der Waals surface area (Å²) < 4.78 is 7.30. The van der Waals surface area contributed by atoms with Gasteiger partial charge in [-0.1, -0.05) is 6.92 Å².